The van der Waals surface area contributed by atoms with Gasteiger partial charge in [-0.1, -0.05) is 0 Å². The van der Waals surface area contributed by atoms with E-state index in [1.807, 2.05) is 10.8 Å². The first kappa shape index (κ1) is 13.1. The number of carbonyl (C=O) groups excluding carboxylic acids is 1. The zero-order chi connectivity index (χ0) is 13.6. The number of aromatic nitrogens is 1. The number of rotatable bonds is 3. The van der Waals surface area contributed by atoms with E-state index in [-0.39, 0.29) is 5.91 Å². The van der Waals surface area contributed by atoms with Gasteiger partial charge >= 0.3 is 5.97 Å². The molecule has 0 spiro atoms. The molecule has 1 unspecified atom stereocenters. The molecule has 1 aromatic rings. The van der Waals surface area contributed by atoms with Gasteiger partial charge in [0.15, 0.2) is 0 Å². The van der Waals surface area contributed by atoms with E-state index in [0.29, 0.717) is 23.4 Å². The van der Waals surface area contributed by atoms with Gasteiger partial charge in [-0.15, -0.1) is 11.8 Å². The van der Waals surface area contributed by atoms with Gasteiger partial charge in [0.2, 0.25) is 0 Å². The number of halogens is 1. The first-order valence-corrected chi connectivity index (χ1v) is 8.01. The molecular formula is C12H13BrN2O3S. The van der Waals surface area contributed by atoms with Gasteiger partial charge in [0.25, 0.3) is 5.91 Å². The van der Waals surface area contributed by atoms with Gasteiger partial charge in [-0.25, -0.2) is 4.79 Å². The monoisotopic (exact) mass is 344 g/mol. The van der Waals surface area contributed by atoms with Crippen LogP contribution in [0.4, 0.5) is 0 Å². The van der Waals surface area contributed by atoms with Crippen LogP contribution in [0.1, 0.15) is 29.4 Å². The predicted molar refractivity (Wildman–Crippen MR) is 75.3 cm³/mol. The molecule has 1 aliphatic heterocycles. The summed E-state index contributed by atoms with van der Waals surface area (Å²) in [4.78, 5) is 25.1. The van der Waals surface area contributed by atoms with Crippen LogP contribution >= 0.6 is 27.7 Å². The van der Waals surface area contributed by atoms with Crippen LogP contribution < -0.4 is 0 Å². The summed E-state index contributed by atoms with van der Waals surface area (Å²) in [6, 6.07) is 1.46. The third-order valence-electron chi connectivity index (χ3n) is 3.40. The standard InChI is InChI=1S/C12H13BrN2O3S/c13-7-3-9(14(4-7)8-1-2-8)11(16)15-6-19-5-10(15)12(17)18/h3-4,8,10H,1-2,5-6H2,(H,17,18). The summed E-state index contributed by atoms with van der Waals surface area (Å²) < 4.78 is 2.83. The number of thioether (sulfide) groups is 1. The average Bonchev–Trinajstić information content (AvgIpc) is 2.95. The Hall–Kier alpha value is -0.950. The first-order valence-electron chi connectivity index (χ1n) is 6.07. The Morgan fingerprint density at radius 2 is 2.16 bits per heavy atom. The molecule has 2 fully saturated rings. The van der Waals surface area contributed by atoms with Crippen molar-refractivity contribution in [3.05, 3.63) is 22.4 Å². The highest BCUT2D eigenvalue weighted by Gasteiger charge is 2.37. The summed E-state index contributed by atoms with van der Waals surface area (Å²) in [5.41, 5.74) is 0.586. The molecule has 1 amide bonds. The highest BCUT2D eigenvalue weighted by Crippen LogP contribution is 2.38. The number of aliphatic carboxylic acids is 1. The number of carbonyl (C=O) groups is 2. The van der Waals surface area contributed by atoms with Crippen molar-refractivity contribution in [1.29, 1.82) is 0 Å². The van der Waals surface area contributed by atoms with E-state index in [4.69, 9.17) is 5.11 Å². The van der Waals surface area contributed by atoms with Gasteiger partial charge in [0.1, 0.15) is 11.7 Å². The summed E-state index contributed by atoms with van der Waals surface area (Å²) in [7, 11) is 0. The fourth-order valence-corrected chi connectivity index (χ4v) is 3.85. The number of nitrogens with zero attached hydrogens (tertiary/aromatic N) is 2. The van der Waals surface area contributed by atoms with Gasteiger partial charge in [-0.05, 0) is 34.8 Å². The van der Waals surface area contributed by atoms with Crippen molar-refractivity contribution < 1.29 is 14.7 Å². The normalized spacial score (nSPS) is 22.8. The largest absolute Gasteiger partial charge is 0.480 e. The van der Waals surface area contributed by atoms with Crippen molar-refractivity contribution in [1.82, 2.24) is 9.47 Å². The van der Waals surface area contributed by atoms with Gasteiger partial charge in [-0.3, -0.25) is 4.79 Å². The van der Waals surface area contributed by atoms with Crippen LogP contribution in [0, 0.1) is 0 Å². The number of carboxylic acid groups (broad SMARTS) is 1. The number of carboxylic acids is 1. The van der Waals surface area contributed by atoms with E-state index >= 15 is 0 Å². The molecule has 5 nitrogen and oxygen atoms in total. The van der Waals surface area contributed by atoms with Gasteiger partial charge in [-0.2, -0.15) is 0 Å². The molecule has 7 heteroatoms. The fraction of sp³-hybridized carbons (Fsp3) is 0.500. The summed E-state index contributed by atoms with van der Waals surface area (Å²) in [5, 5.41) is 9.15. The van der Waals surface area contributed by atoms with Crippen LogP contribution in [0.2, 0.25) is 0 Å². The smallest absolute Gasteiger partial charge is 0.327 e. The lowest BCUT2D eigenvalue weighted by atomic mass is 10.2. The van der Waals surface area contributed by atoms with Crippen molar-refractivity contribution in [2.75, 3.05) is 11.6 Å². The molecule has 19 heavy (non-hydrogen) atoms. The molecule has 2 heterocycles. The SMILES string of the molecule is O=C(O)C1CSCN1C(=O)c1cc(Br)cn1C1CC1. The van der Waals surface area contributed by atoms with E-state index in [2.05, 4.69) is 15.9 Å². The highest BCUT2D eigenvalue weighted by molar-refractivity contribution is 9.10. The Balaban J connectivity index is 1.89. The minimum atomic E-state index is -0.929. The second-order valence-electron chi connectivity index (χ2n) is 4.81. The summed E-state index contributed by atoms with van der Waals surface area (Å²) in [6.07, 6.45) is 4.07. The second-order valence-corrected chi connectivity index (χ2v) is 6.73. The van der Waals surface area contributed by atoms with Crippen LogP contribution in [0.5, 0.6) is 0 Å². The molecule has 3 rings (SSSR count). The Labute approximate surface area is 123 Å². The first-order chi connectivity index (χ1) is 9.08. The van der Waals surface area contributed by atoms with Crippen molar-refractivity contribution in [3.8, 4) is 0 Å². The predicted octanol–water partition coefficient (Wildman–Crippen LogP) is 2.19. The molecule has 1 saturated heterocycles. The second kappa shape index (κ2) is 4.86. The van der Waals surface area contributed by atoms with E-state index < -0.39 is 12.0 Å². The molecule has 0 bridgehead atoms. The Morgan fingerprint density at radius 3 is 2.79 bits per heavy atom. The van der Waals surface area contributed by atoms with Gasteiger partial charge in [0.05, 0.1) is 5.88 Å². The zero-order valence-electron chi connectivity index (χ0n) is 10.1. The number of hydrogen-bond donors (Lipinski definition) is 1. The maximum atomic E-state index is 12.5. The van der Waals surface area contributed by atoms with E-state index in [1.165, 1.54) is 16.7 Å². The highest BCUT2D eigenvalue weighted by atomic mass is 79.9. The maximum Gasteiger partial charge on any atom is 0.327 e. The summed E-state index contributed by atoms with van der Waals surface area (Å²) in [5.74, 6) is -0.202. The lowest BCUT2D eigenvalue weighted by Crippen LogP contribution is -2.42. The van der Waals surface area contributed by atoms with Crippen molar-refractivity contribution >= 4 is 39.6 Å². The van der Waals surface area contributed by atoms with Crippen LogP contribution in [0.3, 0.4) is 0 Å². The van der Waals surface area contributed by atoms with Crippen LogP contribution in [-0.4, -0.2) is 44.1 Å². The number of hydrogen-bond acceptors (Lipinski definition) is 3. The minimum absolute atomic E-state index is 0.185. The van der Waals surface area contributed by atoms with Crippen molar-refractivity contribution in [3.63, 3.8) is 0 Å². The molecule has 1 aromatic heterocycles. The Kier molecular flexibility index (Phi) is 3.34. The maximum absolute atomic E-state index is 12.5. The quantitative estimate of drug-likeness (QED) is 0.912. The van der Waals surface area contributed by atoms with E-state index in [1.54, 1.807) is 6.07 Å². The molecule has 1 saturated carbocycles. The topological polar surface area (TPSA) is 62.5 Å². The van der Waals surface area contributed by atoms with Crippen molar-refractivity contribution in [2.45, 2.75) is 24.9 Å². The third kappa shape index (κ3) is 2.41. The Morgan fingerprint density at radius 1 is 1.42 bits per heavy atom. The molecule has 1 N–H and O–H groups in total. The van der Waals surface area contributed by atoms with Crippen LogP contribution in [0.15, 0.2) is 16.7 Å². The van der Waals surface area contributed by atoms with E-state index in [0.717, 1.165) is 17.3 Å². The Bertz CT molecular complexity index is 541. The van der Waals surface area contributed by atoms with Gasteiger partial charge < -0.3 is 14.6 Å². The molecular weight excluding hydrogens is 332 g/mol. The minimum Gasteiger partial charge on any atom is -0.480 e. The summed E-state index contributed by atoms with van der Waals surface area (Å²) in [6.45, 7) is 0. The average molecular weight is 345 g/mol. The lowest BCUT2D eigenvalue weighted by Gasteiger charge is -2.21. The lowest BCUT2D eigenvalue weighted by molar-refractivity contribution is -0.140. The molecule has 102 valence electrons. The molecule has 1 aliphatic carbocycles. The third-order valence-corrected chi connectivity index (χ3v) is 4.85. The van der Waals surface area contributed by atoms with Crippen molar-refractivity contribution in [2.24, 2.45) is 0 Å². The van der Waals surface area contributed by atoms with Gasteiger partial charge in [0, 0.05) is 22.5 Å². The van der Waals surface area contributed by atoms with E-state index in [9.17, 15) is 9.59 Å². The fourth-order valence-electron chi connectivity index (χ4n) is 2.27. The number of amides is 1. The van der Waals surface area contributed by atoms with Crippen LogP contribution in [0.25, 0.3) is 0 Å². The molecule has 0 radical (unpaired) electrons. The molecule has 0 aromatic carbocycles. The zero-order valence-corrected chi connectivity index (χ0v) is 12.5. The molecule has 2 aliphatic rings. The summed E-state index contributed by atoms with van der Waals surface area (Å²) >= 11 is 4.87. The molecule has 1 atom stereocenters. The van der Waals surface area contributed by atoms with Crippen LogP contribution in [-0.2, 0) is 4.79 Å².